The van der Waals surface area contributed by atoms with E-state index in [1.807, 2.05) is 5.38 Å². The van der Waals surface area contributed by atoms with Crippen molar-refractivity contribution in [3.63, 3.8) is 0 Å². The third-order valence-electron chi connectivity index (χ3n) is 0.667. The van der Waals surface area contributed by atoms with Crippen molar-refractivity contribution in [3.05, 3.63) is 17.1 Å². The van der Waals surface area contributed by atoms with E-state index in [2.05, 4.69) is 4.98 Å². The molecule has 0 fully saturated rings. The summed E-state index contributed by atoms with van der Waals surface area (Å²) < 4.78 is 0. The third-order valence-corrected chi connectivity index (χ3v) is 1.83. The summed E-state index contributed by atoms with van der Waals surface area (Å²) in [6.07, 6.45) is 1.71. The van der Waals surface area contributed by atoms with Crippen molar-refractivity contribution >= 4 is 10.5 Å². The van der Waals surface area contributed by atoms with Crippen molar-refractivity contribution in [2.75, 3.05) is 0 Å². The van der Waals surface area contributed by atoms with Gasteiger partial charge in [0.25, 0.3) is 0 Å². The Balaban J connectivity index is 2.76. The van der Waals surface area contributed by atoms with Crippen LogP contribution in [0.4, 0.5) is 0 Å². The molecule has 7 heavy (non-hydrogen) atoms. The molecule has 1 rings (SSSR count). The van der Waals surface area contributed by atoms with Gasteiger partial charge in [-0.15, -0.1) is 0 Å². The largest absolute Gasteiger partial charge is 0.348 e. The molecule has 1 aromatic heterocycles. The molecule has 0 saturated carbocycles. The van der Waals surface area contributed by atoms with Gasteiger partial charge >= 0.3 is 0 Å². The minimum atomic E-state index is -0.0509. The lowest BCUT2D eigenvalue weighted by molar-refractivity contribution is 0.323. The quantitative estimate of drug-likeness (QED) is 0.550. The normalized spacial score (nSPS) is 11.9. The molecule has 0 radical (unpaired) electrons. The van der Waals surface area contributed by atoms with E-state index in [4.69, 9.17) is 5.11 Å². The zero-order valence-electron chi connectivity index (χ0n) is 3.74. The predicted octanol–water partition coefficient (Wildman–Crippen LogP) is 0.780. The monoisotopic (exact) mass is 116 g/mol. The maximum Gasteiger partial charge on any atom is 0.231 e. The van der Waals surface area contributed by atoms with E-state index in [9.17, 15) is 0 Å². The Labute approximate surface area is 44.4 Å². The van der Waals surface area contributed by atoms with Crippen molar-refractivity contribution in [2.24, 2.45) is 0 Å². The van der Waals surface area contributed by atoms with E-state index in [0.29, 0.717) is 0 Å². The van der Waals surface area contributed by atoms with Crippen LogP contribution >= 0.6 is 10.5 Å². The molecule has 0 aliphatic heterocycles. The van der Waals surface area contributed by atoms with Crippen molar-refractivity contribution in [1.82, 2.24) is 4.98 Å². The Morgan fingerprint density at radius 2 is 2.57 bits per heavy atom. The van der Waals surface area contributed by atoms with Crippen LogP contribution in [-0.4, -0.2) is 10.1 Å². The number of nitrogens with zero attached hydrogens (tertiary/aromatic N) is 1. The molecule has 0 aliphatic carbocycles. The van der Waals surface area contributed by atoms with Gasteiger partial charge < -0.3 is 5.11 Å². The molecule has 0 aliphatic rings. The zero-order valence-corrected chi connectivity index (χ0v) is 4.56. The molecule has 0 bridgehead atoms. The molecule has 0 amide bonds. The zero-order chi connectivity index (χ0) is 5.11. The summed E-state index contributed by atoms with van der Waals surface area (Å²) in [7, 11) is -0.0509. The molecular formula is C4H6NOS+. The predicted molar refractivity (Wildman–Crippen MR) is 28.9 cm³/mol. The van der Waals surface area contributed by atoms with Gasteiger partial charge in [-0.2, -0.15) is 0 Å². The Hall–Kier alpha value is -0.410. The van der Waals surface area contributed by atoms with E-state index >= 15 is 0 Å². The fourth-order valence-corrected chi connectivity index (χ4v) is 1.01. The van der Waals surface area contributed by atoms with Gasteiger partial charge in [0.15, 0.2) is 5.38 Å². The minimum absolute atomic E-state index is 0.0509. The van der Waals surface area contributed by atoms with Gasteiger partial charge in [-0.05, 0) is 0 Å². The summed E-state index contributed by atoms with van der Waals surface area (Å²) in [5.74, 6) is 0.208. The Kier molecular flexibility index (Phi) is 1.38. The molecule has 1 atom stereocenters. The van der Waals surface area contributed by atoms with Crippen LogP contribution in [0.25, 0.3) is 0 Å². The highest BCUT2D eigenvalue weighted by Crippen LogP contribution is 2.11. The lowest BCUT2D eigenvalue weighted by atomic mass is 11.0. The van der Waals surface area contributed by atoms with Gasteiger partial charge in [-0.25, -0.2) is 4.98 Å². The van der Waals surface area contributed by atoms with Gasteiger partial charge in [-0.1, -0.05) is 0 Å². The average Bonchev–Trinajstić information content (AvgIpc) is 2.14. The number of hydrogen-bond donors (Lipinski definition) is 1. The van der Waals surface area contributed by atoms with Crippen LogP contribution in [0.1, 0.15) is 0 Å². The summed E-state index contributed by atoms with van der Waals surface area (Å²) in [5.41, 5.74) is 1.75. The van der Waals surface area contributed by atoms with E-state index in [-0.39, 0.29) is 16.4 Å². The lowest BCUT2D eigenvalue weighted by Gasteiger charge is -1.68. The highest BCUT2D eigenvalue weighted by Gasteiger charge is 1.94. The van der Waals surface area contributed by atoms with Gasteiger partial charge in [0.1, 0.15) is 0 Å². The second-order valence-corrected chi connectivity index (χ2v) is 2.82. The van der Waals surface area contributed by atoms with Crippen molar-refractivity contribution < 1.29 is 5.11 Å². The second-order valence-electron chi connectivity index (χ2n) is 1.14. The Morgan fingerprint density at radius 1 is 1.71 bits per heavy atom. The minimum Gasteiger partial charge on any atom is -0.348 e. The first-order chi connectivity index (χ1) is 3.43. The maximum atomic E-state index is 8.44. The van der Waals surface area contributed by atoms with Crippen molar-refractivity contribution in [2.45, 2.75) is 5.94 Å². The fraction of sp³-hybridized carbons (Fsp3) is 0.250. The molecule has 1 heterocycles. The van der Waals surface area contributed by atoms with Crippen LogP contribution in [0, 0.1) is 0 Å². The van der Waals surface area contributed by atoms with Crippen LogP contribution in [0.15, 0.2) is 17.1 Å². The van der Waals surface area contributed by atoms with Gasteiger partial charge in [0.2, 0.25) is 11.4 Å². The maximum absolute atomic E-state index is 8.44. The summed E-state index contributed by atoms with van der Waals surface area (Å²) >= 11 is 0. The molecule has 1 aromatic rings. The molecule has 1 unspecified atom stereocenters. The first kappa shape index (κ1) is 4.74. The van der Waals surface area contributed by atoms with Gasteiger partial charge in [0.05, 0.1) is 6.20 Å². The second kappa shape index (κ2) is 2.04. The van der Waals surface area contributed by atoms with Gasteiger partial charge in [0, 0.05) is 10.5 Å². The van der Waals surface area contributed by atoms with Crippen molar-refractivity contribution in [3.8, 4) is 0 Å². The summed E-state index contributed by atoms with van der Waals surface area (Å²) in [5, 5.41) is 10.3. The Bertz CT molecular complexity index is 126. The van der Waals surface area contributed by atoms with Crippen LogP contribution in [0.5, 0.6) is 0 Å². The van der Waals surface area contributed by atoms with Crippen molar-refractivity contribution in [1.29, 1.82) is 0 Å². The molecule has 0 spiro atoms. The number of rotatable bonds is 1. The van der Waals surface area contributed by atoms with E-state index in [0.717, 1.165) is 0 Å². The third kappa shape index (κ3) is 0.976. The SMILES string of the molecule is OC[s+]1ccnc1. The number of thiazole rings is 1. The number of hydrogen-bond acceptors (Lipinski definition) is 2. The smallest absolute Gasteiger partial charge is 0.231 e. The number of aromatic nitrogens is 1. The first-order valence-corrected chi connectivity index (χ1v) is 3.45. The standard InChI is InChI=1S/C4H6NOS/c6-4-7-2-1-5-3-7/h1-3,6H,4H2/q+1. The topological polar surface area (TPSA) is 33.1 Å². The van der Waals surface area contributed by atoms with E-state index in [1.165, 1.54) is 0 Å². The summed E-state index contributed by atoms with van der Waals surface area (Å²) in [4.78, 5) is 3.78. The summed E-state index contributed by atoms with van der Waals surface area (Å²) in [6, 6.07) is 0. The Morgan fingerprint density at radius 3 is 2.86 bits per heavy atom. The molecule has 0 saturated heterocycles. The number of aliphatic hydroxyl groups excluding tert-OH is 1. The van der Waals surface area contributed by atoms with Crippen LogP contribution in [0.3, 0.4) is 0 Å². The molecular weight excluding hydrogens is 110 g/mol. The molecule has 1 N–H and O–H groups in total. The van der Waals surface area contributed by atoms with Gasteiger partial charge in [-0.3, -0.25) is 0 Å². The highest BCUT2D eigenvalue weighted by molar-refractivity contribution is 7.27. The number of aliphatic hydroxyl groups is 1. The lowest BCUT2D eigenvalue weighted by Crippen LogP contribution is -1.59. The fourth-order valence-electron chi connectivity index (χ4n) is 0.338. The van der Waals surface area contributed by atoms with Crippen LogP contribution < -0.4 is 0 Å². The molecule has 2 nitrogen and oxygen atoms in total. The first-order valence-electron chi connectivity index (χ1n) is 1.93. The summed E-state index contributed by atoms with van der Waals surface area (Å²) in [6.45, 7) is 0. The molecule has 3 heteroatoms. The highest BCUT2D eigenvalue weighted by atomic mass is 32.2. The molecule has 0 aromatic carbocycles. The van der Waals surface area contributed by atoms with E-state index in [1.54, 1.807) is 11.7 Å². The van der Waals surface area contributed by atoms with E-state index < -0.39 is 0 Å². The van der Waals surface area contributed by atoms with Crippen LogP contribution in [0.2, 0.25) is 0 Å². The molecule has 38 valence electrons. The average molecular weight is 116 g/mol. The van der Waals surface area contributed by atoms with Crippen LogP contribution in [-0.2, 0) is 5.94 Å².